The maximum absolute atomic E-state index is 12.0. The van der Waals surface area contributed by atoms with E-state index in [0.29, 0.717) is 53.8 Å². The van der Waals surface area contributed by atoms with Gasteiger partial charge in [0.15, 0.2) is 0 Å². The van der Waals surface area contributed by atoms with Gasteiger partial charge in [0, 0.05) is 25.2 Å². The molecule has 0 radical (unpaired) electrons. The van der Waals surface area contributed by atoms with E-state index in [9.17, 15) is 25.0 Å². The lowest BCUT2D eigenvalue weighted by Gasteiger charge is -2.33. The predicted molar refractivity (Wildman–Crippen MR) is 163 cm³/mol. The molecule has 0 unspecified atom stereocenters. The zero-order valence-electron chi connectivity index (χ0n) is 24.6. The molecule has 0 saturated carbocycles. The Morgan fingerprint density at radius 3 is 1.72 bits per heavy atom. The maximum Gasteiger partial charge on any atom is 0.410 e. The summed E-state index contributed by atoms with van der Waals surface area (Å²) in [5.41, 5.74) is -0.561. The number of hydrogen-bond donors (Lipinski definition) is 1. The summed E-state index contributed by atoms with van der Waals surface area (Å²) in [5.74, 6) is 1.45. The second kappa shape index (κ2) is 15.9. The van der Waals surface area contributed by atoms with Gasteiger partial charge in [-0.2, -0.15) is 0 Å². The SMILES string of the molecule is CC(C)(C)OC(=O)N1CCC(COc2cc([N+](=O)[O-])ccc2Cl)CC1.O=[N+]([O-])c1ccc(Cl)c(OCC2CCNCC2)c1. The summed E-state index contributed by atoms with van der Waals surface area (Å²) in [6, 6.07) is 8.38. The van der Waals surface area contributed by atoms with E-state index in [0.717, 1.165) is 38.8 Å². The highest BCUT2D eigenvalue weighted by molar-refractivity contribution is 6.32. The van der Waals surface area contributed by atoms with E-state index in [-0.39, 0.29) is 23.4 Å². The number of carbonyl (C=O) groups is 1. The Labute approximate surface area is 260 Å². The van der Waals surface area contributed by atoms with Gasteiger partial charge in [-0.1, -0.05) is 23.2 Å². The minimum atomic E-state index is -0.504. The van der Waals surface area contributed by atoms with Crippen LogP contribution in [0.25, 0.3) is 0 Å². The van der Waals surface area contributed by atoms with Gasteiger partial charge in [-0.15, -0.1) is 0 Å². The van der Waals surface area contributed by atoms with Crippen molar-refractivity contribution in [2.45, 2.75) is 52.1 Å². The molecule has 2 aliphatic rings. The zero-order valence-corrected chi connectivity index (χ0v) is 26.1. The number of rotatable bonds is 8. The molecule has 2 aromatic carbocycles. The molecule has 0 aliphatic carbocycles. The van der Waals surface area contributed by atoms with E-state index in [1.807, 2.05) is 20.8 Å². The Hall–Kier alpha value is -3.35. The van der Waals surface area contributed by atoms with Gasteiger partial charge in [-0.05, 0) is 83.5 Å². The summed E-state index contributed by atoms with van der Waals surface area (Å²) in [6.45, 7) is 9.69. The van der Waals surface area contributed by atoms with Crippen LogP contribution < -0.4 is 14.8 Å². The molecule has 236 valence electrons. The van der Waals surface area contributed by atoms with E-state index in [2.05, 4.69) is 5.32 Å². The average Bonchev–Trinajstić information content (AvgIpc) is 2.96. The molecular formula is C29H38Cl2N4O8. The standard InChI is InChI=1S/C17H23ClN2O5.C12H15ClN2O3/c1-17(2,3)25-16(21)19-8-6-12(7-9-19)11-24-15-10-13(20(22)23)4-5-14(15)18;13-11-2-1-10(15(16)17)7-12(11)18-8-9-3-5-14-6-4-9/h4-5,10,12H,6-9,11H2,1-3H3;1-2,7,9,14H,3-6,8H2. The minimum absolute atomic E-state index is 0.000268. The highest BCUT2D eigenvalue weighted by Gasteiger charge is 2.27. The van der Waals surface area contributed by atoms with Crippen LogP contribution in [-0.4, -0.2) is 65.8 Å². The number of likely N-dealkylation sites (tertiary alicyclic amines) is 1. The molecule has 2 saturated heterocycles. The Kier molecular flexibility index (Phi) is 12.6. The first-order valence-corrected chi connectivity index (χ1v) is 14.9. The summed E-state index contributed by atoms with van der Waals surface area (Å²) in [6.07, 6.45) is 3.39. The lowest BCUT2D eigenvalue weighted by Crippen LogP contribution is -2.42. The number of halogens is 2. The third-order valence-electron chi connectivity index (χ3n) is 6.93. The molecule has 2 heterocycles. The van der Waals surface area contributed by atoms with Crippen LogP contribution in [0.2, 0.25) is 10.0 Å². The van der Waals surface area contributed by atoms with Crippen molar-refractivity contribution in [3.63, 3.8) is 0 Å². The molecule has 1 amide bonds. The molecule has 4 rings (SSSR count). The molecule has 0 atom stereocenters. The number of nitrogens with one attached hydrogen (secondary N) is 1. The van der Waals surface area contributed by atoms with E-state index in [4.69, 9.17) is 37.4 Å². The van der Waals surface area contributed by atoms with Crippen molar-refractivity contribution in [2.75, 3.05) is 39.4 Å². The maximum atomic E-state index is 12.0. The van der Waals surface area contributed by atoms with Gasteiger partial charge in [0.1, 0.15) is 17.1 Å². The van der Waals surface area contributed by atoms with Crippen LogP contribution in [0.3, 0.4) is 0 Å². The Bertz CT molecular complexity index is 1260. The van der Waals surface area contributed by atoms with Crippen LogP contribution in [0.5, 0.6) is 11.5 Å². The topological polar surface area (TPSA) is 146 Å². The number of non-ortho nitro benzene ring substituents is 2. The quantitative estimate of drug-likeness (QED) is 0.240. The number of ether oxygens (including phenoxy) is 3. The summed E-state index contributed by atoms with van der Waals surface area (Å²) in [4.78, 5) is 34.3. The van der Waals surface area contributed by atoms with Gasteiger partial charge in [0.2, 0.25) is 0 Å². The van der Waals surface area contributed by atoms with Crippen molar-refractivity contribution in [1.29, 1.82) is 0 Å². The summed E-state index contributed by atoms with van der Waals surface area (Å²) in [5, 5.41) is 25.5. The van der Waals surface area contributed by atoms with Gasteiger partial charge in [0.25, 0.3) is 11.4 Å². The number of piperidine rings is 2. The fourth-order valence-electron chi connectivity index (χ4n) is 4.50. The molecule has 14 heteroatoms. The van der Waals surface area contributed by atoms with E-state index in [1.54, 1.807) is 4.90 Å². The van der Waals surface area contributed by atoms with Crippen molar-refractivity contribution >= 4 is 40.7 Å². The Morgan fingerprint density at radius 2 is 1.30 bits per heavy atom. The Balaban J connectivity index is 0.000000248. The highest BCUT2D eigenvalue weighted by Crippen LogP contribution is 2.31. The van der Waals surface area contributed by atoms with Gasteiger partial charge in [0.05, 0.1) is 45.2 Å². The van der Waals surface area contributed by atoms with Crippen molar-refractivity contribution in [2.24, 2.45) is 11.8 Å². The molecule has 12 nitrogen and oxygen atoms in total. The third-order valence-corrected chi connectivity index (χ3v) is 7.55. The van der Waals surface area contributed by atoms with Crippen molar-refractivity contribution < 1.29 is 28.9 Å². The van der Waals surface area contributed by atoms with Crippen LogP contribution in [0, 0.1) is 32.1 Å². The minimum Gasteiger partial charge on any atom is -0.491 e. The lowest BCUT2D eigenvalue weighted by atomic mass is 9.98. The van der Waals surface area contributed by atoms with Crippen molar-refractivity contribution in [3.05, 3.63) is 66.7 Å². The lowest BCUT2D eigenvalue weighted by molar-refractivity contribution is -0.385. The number of carbonyl (C=O) groups excluding carboxylic acids is 1. The molecular weight excluding hydrogens is 603 g/mol. The number of benzene rings is 2. The first-order valence-electron chi connectivity index (χ1n) is 14.1. The highest BCUT2D eigenvalue weighted by atomic mass is 35.5. The van der Waals surface area contributed by atoms with E-state index in [1.165, 1.54) is 36.4 Å². The van der Waals surface area contributed by atoms with Crippen molar-refractivity contribution in [1.82, 2.24) is 10.2 Å². The molecule has 0 spiro atoms. The monoisotopic (exact) mass is 640 g/mol. The van der Waals surface area contributed by atoms with Crippen LogP contribution >= 0.6 is 23.2 Å². The molecule has 1 N–H and O–H groups in total. The molecule has 0 aromatic heterocycles. The average molecular weight is 642 g/mol. The smallest absolute Gasteiger partial charge is 0.410 e. The van der Waals surface area contributed by atoms with Gasteiger partial charge in [-0.25, -0.2) is 4.79 Å². The first kappa shape index (κ1) is 34.1. The normalized spacial score (nSPS) is 16.1. The van der Waals surface area contributed by atoms with Gasteiger partial charge >= 0.3 is 6.09 Å². The second-order valence-corrected chi connectivity index (χ2v) is 12.3. The first-order chi connectivity index (χ1) is 20.3. The number of amides is 1. The second-order valence-electron chi connectivity index (χ2n) is 11.5. The van der Waals surface area contributed by atoms with Crippen LogP contribution in [0.4, 0.5) is 16.2 Å². The molecule has 2 aromatic rings. The largest absolute Gasteiger partial charge is 0.491 e. The third kappa shape index (κ3) is 11.3. The van der Waals surface area contributed by atoms with Crippen LogP contribution in [0.15, 0.2) is 36.4 Å². The fourth-order valence-corrected chi connectivity index (χ4v) is 4.85. The fraction of sp³-hybridized carbons (Fsp3) is 0.552. The van der Waals surface area contributed by atoms with Crippen LogP contribution in [0.1, 0.15) is 46.5 Å². The molecule has 0 bridgehead atoms. The number of hydrogen-bond acceptors (Lipinski definition) is 9. The summed E-state index contributed by atoms with van der Waals surface area (Å²) >= 11 is 12.0. The number of nitro groups is 2. The molecule has 2 fully saturated rings. The van der Waals surface area contributed by atoms with Crippen LogP contribution in [-0.2, 0) is 4.74 Å². The van der Waals surface area contributed by atoms with Gasteiger partial charge in [-0.3, -0.25) is 20.2 Å². The number of nitrogens with zero attached hydrogens (tertiary/aromatic N) is 3. The Morgan fingerprint density at radius 1 is 0.860 bits per heavy atom. The zero-order chi connectivity index (χ0) is 31.6. The predicted octanol–water partition coefficient (Wildman–Crippen LogP) is 6.90. The van der Waals surface area contributed by atoms with E-state index >= 15 is 0 Å². The molecule has 2 aliphatic heterocycles. The summed E-state index contributed by atoms with van der Waals surface area (Å²) in [7, 11) is 0. The van der Waals surface area contributed by atoms with E-state index < -0.39 is 15.4 Å². The van der Waals surface area contributed by atoms with Crippen molar-refractivity contribution in [3.8, 4) is 11.5 Å². The van der Waals surface area contributed by atoms with Gasteiger partial charge < -0.3 is 24.4 Å². The summed E-state index contributed by atoms with van der Waals surface area (Å²) < 4.78 is 16.6. The molecule has 43 heavy (non-hydrogen) atoms. The number of nitro benzene ring substituents is 2.